The van der Waals surface area contributed by atoms with Gasteiger partial charge in [-0.05, 0) is 85.1 Å². The average molecular weight is 417 g/mol. The summed E-state index contributed by atoms with van der Waals surface area (Å²) in [6.07, 6.45) is 1.23. The van der Waals surface area contributed by atoms with Gasteiger partial charge in [-0.1, -0.05) is 36.5 Å². The Bertz CT molecular complexity index is 1060. The molecule has 0 unspecified atom stereocenters. The smallest absolute Gasteiger partial charge is 0.255 e. The molecule has 0 saturated carbocycles. The first kappa shape index (κ1) is 21.4. The van der Waals surface area contributed by atoms with Crippen molar-refractivity contribution >= 4 is 29.3 Å². The first-order chi connectivity index (χ1) is 14.4. The molecule has 0 spiro atoms. The largest absolute Gasteiger partial charge is 0.348 e. The highest BCUT2D eigenvalue weighted by Gasteiger charge is 2.07. The molecule has 0 fully saturated rings. The predicted molar refractivity (Wildman–Crippen MR) is 123 cm³/mol. The number of hydrogen-bond donors (Lipinski definition) is 2. The predicted octanol–water partition coefficient (Wildman–Crippen LogP) is 5.51. The highest BCUT2D eigenvalue weighted by molar-refractivity contribution is 7.99. The van der Waals surface area contributed by atoms with E-state index < -0.39 is 0 Å². The van der Waals surface area contributed by atoms with Crippen LogP contribution in [0.3, 0.4) is 0 Å². The summed E-state index contributed by atoms with van der Waals surface area (Å²) in [5.74, 6) is -0.401. The number of benzene rings is 3. The maximum Gasteiger partial charge on any atom is 0.255 e. The molecule has 152 valence electrons. The van der Waals surface area contributed by atoms with Crippen molar-refractivity contribution in [1.82, 2.24) is 5.32 Å². The Morgan fingerprint density at radius 2 is 1.57 bits per heavy atom. The van der Waals surface area contributed by atoms with E-state index in [1.165, 1.54) is 22.1 Å². The molecule has 0 atom stereocenters. The van der Waals surface area contributed by atoms with E-state index in [2.05, 4.69) is 49.3 Å². The van der Waals surface area contributed by atoms with Crippen LogP contribution in [0.2, 0.25) is 0 Å². The van der Waals surface area contributed by atoms with Crippen LogP contribution in [0.15, 0.2) is 89.2 Å². The van der Waals surface area contributed by atoms with Gasteiger partial charge in [-0.25, -0.2) is 0 Å². The monoisotopic (exact) mass is 416 g/mol. The van der Waals surface area contributed by atoms with Crippen LogP contribution < -0.4 is 10.6 Å². The fourth-order valence-corrected chi connectivity index (χ4v) is 3.67. The zero-order chi connectivity index (χ0) is 21.5. The zero-order valence-corrected chi connectivity index (χ0v) is 17.9. The molecule has 0 aromatic heterocycles. The molecule has 0 saturated heterocycles. The number of amides is 2. The summed E-state index contributed by atoms with van der Waals surface area (Å²) in [6.45, 7) is 8.03. The molecule has 3 rings (SSSR count). The number of hydrogen-bond acceptors (Lipinski definition) is 3. The van der Waals surface area contributed by atoms with E-state index in [4.69, 9.17) is 0 Å². The Hall–Kier alpha value is -3.31. The standard InChI is InChI=1S/C25H24N2O2S/c1-4-24(28)26-16-19-6-8-20(9-7-19)25(29)27-21-10-13-22(14-11-21)30-23-12-5-17(2)18(3)15-23/h4-15H,1,16H2,2-3H3,(H,26,28)(H,27,29). The van der Waals surface area contributed by atoms with E-state index in [-0.39, 0.29) is 11.8 Å². The second-order valence-electron chi connectivity index (χ2n) is 6.95. The van der Waals surface area contributed by atoms with Gasteiger partial charge in [0.2, 0.25) is 5.91 Å². The molecule has 4 nitrogen and oxygen atoms in total. The maximum absolute atomic E-state index is 12.5. The summed E-state index contributed by atoms with van der Waals surface area (Å²) in [5, 5.41) is 5.62. The van der Waals surface area contributed by atoms with Gasteiger partial charge in [0, 0.05) is 27.6 Å². The van der Waals surface area contributed by atoms with Gasteiger partial charge in [-0.2, -0.15) is 0 Å². The van der Waals surface area contributed by atoms with E-state index in [0.717, 1.165) is 16.1 Å². The molecular formula is C25H24N2O2S. The van der Waals surface area contributed by atoms with Crippen molar-refractivity contribution in [2.75, 3.05) is 5.32 Å². The van der Waals surface area contributed by atoms with Gasteiger partial charge in [0.15, 0.2) is 0 Å². The van der Waals surface area contributed by atoms with Crippen LogP contribution in [0, 0.1) is 13.8 Å². The van der Waals surface area contributed by atoms with Crippen LogP contribution in [0.5, 0.6) is 0 Å². The fraction of sp³-hybridized carbons (Fsp3) is 0.120. The van der Waals surface area contributed by atoms with Crippen LogP contribution in [-0.2, 0) is 11.3 Å². The molecule has 0 heterocycles. The van der Waals surface area contributed by atoms with Crippen LogP contribution >= 0.6 is 11.8 Å². The molecule has 3 aromatic rings. The lowest BCUT2D eigenvalue weighted by Gasteiger charge is -2.08. The van der Waals surface area contributed by atoms with Gasteiger partial charge in [-0.3, -0.25) is 9.59 Å². The first-order valence-corrected chi connectivity index (χ1v) is 10.4. The molecule has 5 heteroatoms. The van der Waals surface area contributed by atoms with E-state index in [9.17, 15) is 9.59 Å². The van der Waals surface area contributed by atoms with E-state index in [1.807, 2.05) is 36.4 Å². The van der Waals surface area contributed by atoms with E-state index in [1.54, 1.807) is 23.9 Å². The fourth-order valence-electron chi connectivity index (χ4n) is 2.76. The second kappa shape index (κ2) is 9.94. The second-order valence-corrected chi connectivity index (χ2v) is 8.09. The topological polar surface area (TPSA) is 58.2 Å². The third-order valence-electron chi connectivity index (χ3n) is 4.69. The summed E-state index contributed by atoms with van der Waals surface area (Å²) < 4.78 is 0. The Morgan fingerprint density at radius 1 is 0.900 bits per heavy atom. The number of carbonyl (C=O) groups excluding carboxylic acids is 2. The van der Waals surface area contributed by atoms with Crippen LogP contribution in [0.4, 0.5) is 5.69 Å². The highest BCUT2D eigenvalue weighted by Crippen LogP contribution is 2.29. The number of carbonyl (C=O) groups is 2. The van der Waals surface area contributed by atoms with Gasteiger partial charge in [-0.15, -0.1) is 0 Å². The number of anilines is 1. The van der Waals surface area contributed by atoms with Crippen molar-refractivity contribution in [3.8, 4) is 0 Å². The Morgan fingerprint density at radius 3 is 2.20 bits per heavy atom. The quantitative estimate of drug-likeness (QED) is 0.499. The molecule has 0 aliphatic rings. The Kier molecular flexibility index (Phi) is 7.09. The normalized spacial score (nSPS) is 10.3. The van der Waals surface area contributed by atoms with Crippen LogP contribution in [0.1, 0.15) is 27.0 Å². The van der Waals surface area contributed by atoms with Gasteiger partial charge >= 0.3 is 0 Å². The van der Waals surface area contributed by atoms with Gasteiger partial charge in [0.05, 0.1) is 0 Å². The Labute approximate surface area is 181 Å². The molecule has 30 heavy (non-hydrogen) atoms. The Balaban J connectivity index is 1.58. The third-order valence-corrected chi connectivity index (χ3v) is 5.69. The van der Waals surface area contributed by atoms with Crippen molar-refractivity contribution < 1.29 is 9.59 Å². The lowest BCUT2D eigenvalue weighted by molar-refractivity contribution is -0.116. The highest BCUT2D eigenvalue weighted by atomic mass is 32.2. The third kappa shape index (κ3) is 5.84. The summed E-state index contributed by atoms with van der Waals surface area (Å²) >= 11 is 1.70. The van der Waals surface area contributed by atoms with Crippen molar-refractivity contribution in [3.63, 3.8) is 0 Å². The minimum absolute atomic E-state index is 0.175. The van der Waals surface area contributed by atoms with Crippen molar-refractivity contribution in [2.45, 2.75) is 30.2 Å². The van der Waals surface area contributed by atoms with Crippen LogP contribution in [-0.4, -0.2) is 11.8 Å². The lowest BCUT2D eigenvalue weighted by atomic mass is 10.1. The average Bonchev–Trinajstić information content (AvgIpc) is 2.76. The number of nitrogens with one attached hydrogen (secondary N) is 2. The van der Waals surface area contributed by atoms with Gasteiger partial charge in [0.25, 0.3) is 5.91 Å². The summed E-state index contributed by atoms with van der Waals surface area (Å²) in [7, 11) is 0. The van der Waals surface area contributed by atoms with Crippen molar-refractivity contribution in [3.05, 3.63) is 102 Å². The summed E-state index contributed by atoms with van der Waals surface area (Å²) in [4.78, 5) is 26.0. The summed E-state index contributed by atoms with van der Waals surface area (Å²) in [5.41, 5.74) is 4.77. The summed E-state index contributed by atoms with van der Waals surface area (Å²) in [6, 6.07) is 21.4. The molecule has 2 N–H and O–H groups in total. The first-order valence-electron chi connectivity index (χ1n) is 9.60. The molecule has 0 radical (unpaired) electrons. The van der Waals surface area contributed by atoms with E-state index in [0.29, 0.717) is 12.1 Å². The number of rotatable bonds is 7. The molecule has 0 bridgehead atoms. The molecule has 0 aliphatic heterocycles. The lowest BCUT2D eigenvalue weighted by Crippen LogP contribution is -2.20. The van der Waals surface area contributed by atoms with Gasteiger partial charge < -0.3 is 10.6 Å². The van der Waals surface area contributed by atoms with Crippen molar-refractivity contribution in [2.24, 2.45) is 0 Å². The SMILES string of the molecule is C=CC(=O)NCc1ccc(C(=O)Nc2ccc(Sc3ccc(C)c(C)c3)cc2)cc1. The van der Waals surface area contributed by atoms with E-state index >= 15 is 0 Å². The molecule has 3 aromatic carbocycles. The minimum Gasteiger partial charge on any atom is -0.348 e. The minimum atomic E-state index is -0.226. The van der Waals surface area contributed by atoms with Gasteiger partial charge in [0.1, 0.15) is 0 Å². The number of aryl methyl sites for hydroxylation is 2. The van der Waals surface area contributed by atoms with Crippen LogP contribution in [0.25, 0.3) is 0 Å². The molecular weight excluding hydrogens is 392 g/mol. The zero-order valence-electron chi connectivity index (χ0n) is 17.1. The molecule has 0 aliphatic carbocycles. The van der Waals surface area contributed by atoms with Crippen molar-refractivity contribution in [1.29, 1.82) is 0 Å². The molecule has 2 amide bonds. The maximum atomic E-state index is 12.5.